The highest BCUT2D eigenvalue weighted by Gasteiger charge is 2.14. The first-order chi connectivity index (χ1) is 6.18. The molecule has 0 unspecified atom stereocenters. The minimum absolute atomic E-state index is 0.284. The van der Waals surface area contributed by atoms with E-state index in [0.29, 0.717) is 10.1 Å². The summed E-state index contributed by atoms with van der Waals surface area (Å²) in [6.07, 6.45) is 1.51. The first-order valence-corrected chi connectivity index (χ1v) is 4.12. The Kier molecular flexibility index (Phi) is 1.77. The van der Waals surface area contributed by atoms with Crippen LogP contribution in [-0.2, 0) is 0 Å². The van der Waals surface area contributed by atoms with Crippen molar-refractivity contribution in [2.75, 3.05) is 0 Å². The number of hydrogen-bond acceptors (Lipinski definition) is 4. The molecule has 0 radical (unpaired) electrons. The maximum atomic E-state index is 10.5. The zero-order valence-corrected chi connectivity index (χ0v) is 7.78. The monoisotopic (exact) mass is 242 g/mol. The van der Waals surface area contributed by atoms with Crippen molar-refractivity contribution in [2.45, 2.75) is 0 Å². The molecule has 66 valence electrons. The van der Waals surface area contributed by atoms with E-state index < -0.39 is 5.97 Å². The fourth-order valence-electron chi connectivity index (χ4n) is 0.896. The molecule has 2 aromatic rings. The van der Waals surface area contributed by atoms with E-state index in [-0.39, 0.29) is 11.5 Å². The molecule has 6 heteroatoms. The van der Waals surface area contributed by atoms with E-state index in [0.717, 1.165) is 0 Å². The number of carboxylic acid groups (broad SMARTS) is 1. The first kappa shape index (κ1) is 8.18. The maximum Gasteiger partial charge on any atom is 0.392 e. The Morgan fingerprint density at radius 1 is 1.62 bits per heavy atom. The smallest absolute Gasteiger partial charge is 0.392 e. The molecule has 0 aliphatic heterocycles. The van der Waals surface area contributed by atoms with Crippen LogP contribution in [0.1, 0.15) is 10.7 Å². The highest BCUT2D eigenvalue weighted by atomic mass is 79.9. The van der Waals surface area contributed by atoms with E-state index in [1.165, 1.54) is 6.20 Å². The Morgan fingerprint density at radius 3 is 3.00 bits per heavy atom. The average molecular weight is 243 g/mol. The molecule has 0 amide bonds. The fourth-order valence-corrected chi connectivity index (χ4v) is 1.27. The van der Waals surface area contributed by atoms with Crippen LogP contribution in [0.25, 0.3) is 11.2 Å². The van der Waals surface area contributed by atoms with Crippen molar-refractivity contribution in [3.8, 4) is 0 Å². The third-order valence-electron chi connectivity index (χ3n) is 1.43. The van der Waals surface area contributed by atoms with Gasteiger partial charge in [-0.05, 0) is 22.0 Å². The molecule has 2 rings (SSSR count). The molecular formula is C7H3BrN2O3. The number of pyridine rings is 1. The number of halogens is 1. The standard InChI is InChI=1S/C7H3BrN2O3/c8-3-1-2-9-5-4(3)13-6(10-5)7(11)12/h1-2H,(H,11,12). The van der Waals surface area contributed by atoms with E-state index in [1.807, 2.05) is 0 Å². The predicted molar refractivity (Wildman–Crippen MR) is 46.5 cm³/mol. The molecule has 0 atom stereocenters. The molecule has 0 spiro atoms. The van der Waals surface area contributed by atoms with Crippen molar-refractivity contribution in [2.24, 2.45) is 0 Å². The predicted octanol–water partition coefficient (Wildman–Crippen LogP) is 1.68. The van der Waals surface area contributed by atoms with Gasteiger partial charge in [0.05, 0.1) is 4.47 Å². The summed E-state index contributed by atoms with van der Waals surface area (Å²) >= 11 is 3.19. The van der Waals surface area contributed by atoms with Gasteiger partial charge in [0.15, 0.2) is 5.58 Å². The molecule has 5 nitrogen and oxygen atoms in total. The highest BCUT2D eigenvalue weighted by molar-refractivity contribution is 9.10. The Hall–Kier alpha value is -1.43. The number of aromatic nitrogens is 2. The summed E-state index contributed by atoms with van der Waals surface area (Å²) in [5.74, 6) is -1.56. The third-order valence-corrected chi connectivity index (χ3v) is 2.05. The molecule has 0 saturated carbocycles. The van der Waals surface area contributed by atoms with Gasteiger partial charge in [-0.1, -0.05) is 0 Å². The number of rotatable bonds is 1. The van der Waals surface area contributed by atoms with Crippen molar-refractivity contribution in [1.29, 1.82) is 0 Å². The summed E-state index contributed by atoms with van der Waals surface area (Å²) in [7, 11) is 0. The van der Waals surface area contributed by atoms with E-state index >= 15 is 0 Å². The van der Waals surface area contributed by atoms with Gasteiger partial charge >= 0.3 is 11.9 Å². The zero-order chi connectivity index (χ0) is 9.42. The largest absolute Gasteiger partial charge is 0.474 e. The van der Waals surface area contributed by atoms with Gasteiger partial charge < -0.3 is 9.52 Å². The Balaban J connectivity index is 2.75. The molecule has 1 N–H and O–H groups in total. The first-order valence-electron chi connectivity index (χ1n) is 3.33. The van der Waals surface area contributed by atoms with Gasteiger partial charge in [0.2, 0.25) is 5.65 Å². The molecule has 0 aliphatic rings. The van der Waals surface area contributed by atoms with Crippen LogP contribution in [0, 0.1) is 0 Å². The van der Waals surface area contributed by atoms with Gasteiger partial charge in [0, 0.05) is 6.20 Å². The van der Waals surface area contributed by atoms with Crippen molar-refractivity contribution < 1.29 is 14.3 Å². The number of nitrogens with zero attached hydrogens (tertiary/aromatic N) is 2. The highest BCUT2D eigenvalue weighted by Crippen LogP contribution is 2.22. The summed E-state index contributed by atoms with van der Waals surface area (Å²) in [4.78, 5) is 18.0. The van der Waals surface area contributed by atoms with E-state index in [4.69, 9.17) is 9.52 Å². The van der Waals surface area contributed by atoms with Crippen LogP contribution in [0.5, 0.6) is 0 Å². The van der Waals surface area contributed by atoms with Gasteiger partial charge in [-0.15, -0.1) is 0 Å². The number of oxazole rings is 1. The molecule has 0 aromatic carbocycles. The summed E-state index contributed by atoms with van der Waals surface area (Å²) < 4.78 is 5.58. The molecule has 2 heterocycles. The quantitative estimate of drug-likeness (QED) is 0.824. The van der Waals surface area contributed by atoms with Crippen LogP contribution in [0.4, 0.5) is 0 Å². The number of hydrogen-bond donors (Lipinski definition) is 1. The van der Waals surface area contributed by atoms with Crippen molar-refractivity contribution in [1.82, 2.24) is 9.97 Å². The molecule has 0 bridgehead atoms. The molecule has 0 saturated heterocycles. The van der Waals surface area contributed by atoms with Crippen molar-refractivity contribution in [3.05, 3.63) is 22.6 Å². The second-order valence-electron chi connectivity index (χ2n) is 2.27. The lowest BCUT2D eigenvalue weighted by atomic mass is 10.5. The fraction of sp³-hybridized carbons (Fsp3) is 0. The second-order valence-corrected chi connectivity index (χ2v) is 3.12. The zero-order valence-electron chi connectivity index (χ0n) is 6.19. The van der Waals surface area contributed by atoms with Crippen molar-refractivity contribution in [3.63, 3.8) is 0 Å². The van der Waals surface area contributed by atoms with Crippen LogP contribution >= 0.6 is 15.9 Å². The summed E-state index contributed by atoms with van der Waals surface area (Å²) in [5, 5.41) is 8.58. The summed E-state index contributed by atoms with van der Waals surface area (Å²) in [6, 6.07) is 1.65. The summed E-state index contributed by atoms with van der Waals surface area (Å²) in [6.45, 7) is 0. The molecule has 0 fully saturated rings. The van der Waals surface area contributed by atoms with Gasteiger partial charge in [0.1, 0.15) is 0 Å². The van der Waals surface area contributed by atoms with Gasteiger partial charge in [-0.25, -0.2) is 9.78 Å². The Morgan fingerprint density at radius 2 is 2.38 bits per heavy atom. The number of aromatic carboxylic acids is 1. The van der Waals surface area contributed by atoms with E-state index in [1.54, 1.807) is 6.07 Å². The number of fused-ring (bicyclic) bond motifs is 1. The van der Waals surface area contributed by atoms with Gasteiger partial charge in [-0.2, -0.15) is 4.98 Å². The van der Waals surface area contributed by atoms with Crippen LogP contribution < -0.4 is 0 Å². The average Bonchev–Trinajstić information content (AvgIpc) is 2.49. The lowest BCUT2D eigenvalue weighted by molar-refractivity contribution is 0.0656. The third kappa shape index (κ3) is 1.29. The topological polar surface area (TPSA) is 76.2 Å². The van der Waals surface area contributed by atoms with Crippen LogP contribution in [0.3, 0.4) is 0 Å². The minimum Gasteiger partial charge on any atom is -0.474 e. The van der Waals surface area contributed by atoms with Crippen LogP contribution in [0.15, 0.2) is 21.2 Å². The van der Waals surface area contributed by atoms with E-state index in [2.05, 4.69) is 25.9 Å². The van der Waals surface area contributed by atoms with Crippen LogP contribution in [-0.4, -0.2) is 21.0 Å². The number of carboxylic acids is 1. The lowest BCUT2D eigenvalue weighted by Crippen LogP contribution is -1.94. The molecule has 0 aliphatic carbocycles. The van der Waals surface area contributed by atoms with Crippen molar-refractivity contribution >= 4 is 33.1 Å². The van der Waals surface area contributed by atoms with Gasteiger partial charge in [0.25, 0.3) is 0 Å². The summed E-state index contributed by atoms with van der Waals surface area (Å²) in [5.41, 5.74) is 0.631. The molecular weight excluding hydrogens is 240 g/mol. The van der Waals surface area contributed by atoms with E-state index in [9.17, 15) is 4.79 Å². The Bertz CT molecular complexity index is 480. The molecule has 2 aromatic heterocycles. The van der Waals surface area contributed by atoms with Gasteiger partial charge in [-0.3, -0.25) is 0 Å². The second kappa shape index (κ2) is 2.81. The minimum atomic E-state index is -1.20. The van der Waals surface area contributed by atoms with Crippen LogP contribution in [0.2, 0.25) is 0 Å². The molecule has 13 heavy (non-hydrogen) atoms. The number of carbonyl (C=O) groups is 1. The Labute approximate surface area is 80.5 Å². The normalized spacial score (nSPS) is 10.5. The lowest BCUT2D eigenvalue weighted by Gasteiger charge is -1.86. The SMILES string of the molecule is O=C(O)c1nc2nccc(Br)c2o1. The maximum absolute atomic E-state index is 10.5.